The van der Waals surface area contributed by atoms with E-state index in [1.54, 1.807) is 12.1 Å². The van der Waals surface area contributed by atoms with E-state index in [4.69, 9.17) is 4.74 Å². The van der Waals surface area contributed by atoms with Gasteiger partial charge in [0.2, 0.25) is 10.0 Å². The quantitative estimate of drug-likeness (QED) is 0.733. The van der Waals surface area contributed by atoms with Gasteiger partial charge in [-0.1, -0.05) is 12.1 Å². The maximum Gasteiger partial charge on any atom is 0.340 e. The molecule has 0 amide bonds. The second-order valence-electron chi connectivity index (χ2n) is 5.37. The Morgan fingerprint density at radius 2 is 1.80 bits per heavy atom. The maximum atomic E-state index is 12.2. The first kappa shape index (κ1) is 18.5. The lowest BCUT2D eigenvalue weighted by Gasteiger charge is -2.12. The topological polar surface area (TPSA) is 116 Å². The molecule has 0 unspecified atom stereocenters. The molecule has 25 heavy (non-hydrogen) atoms. The number of carbonyl (C=O) groups is 1. The fraction of sp³-hybridized carbons (Fsp3) is 0.267. The molecule has 0 aliphatic carbocycles. The summed E-state index contributed by atoms with van der Waals surface area (Å²) >= 11 is 0. The summed E-state index contributed by atoms with van der Waals surface area (Å²) in [6.45, 7) is -0.312. The zero-order valence-electron chi connectivity index (χ0n) is 13.8. The van der Waals surface area contributed by atoms with Crippen molar-refractivity contribution in [2.24, 2.45) is 14.1 Å². The number of hydrogen-bond acceptors (Lipinski definition) is 6. The Bertz CT molecular complexity index is 1040. The monoisotopic (exact) mass is 367 g/mol. The van der Waals surface area contributed by atoms with Crippen LogP contribution < -0.4 is 16.0 Å². The van der Waals surface area contributed by atoms with Crippen molar-refractivity contribution in [2.75, 3.05) is 11.0 Å². The van der Waals surface area contributed by atoms with E-state index in [0.29, 0.717) is 0 Å². The van der Waals surface area contributed by atoms with Gasteiger partial charge >= 0.3 is 11.7 Å². The second kappa shape index (κ2) is 6.93. The largest absolute Gasteiger partial charge is 0.456 e. The number of esters is 1. The molecule has 10 heteroatoms. The summed E-state index contributed by atoms with van der Waals surface area (Å²) in [7, 11) is -0.781. The fourth-order valence-electron chi connectivity index (χ4n) is 2.08. The Morgan fingerprint density at radius 3 is 2.44 bits per heavy atom. The van der Waals surface area contributed by atoms with E-state index in [0.717, 1.165) is 10.8 Å². The number of para-hydroxylation sites is 1. The van der Waals surface area contributed by atoms with E-state index in [-0.39, 0.29) is 23.6 Å². The summed E-state index contributed by atoms with van der Waals surface area (Å²) in [5.41, 5.74) is -0.754. The van der Waals surface area contributed by atoms with E-state index >= 15 is 0 Å². The van der Waals surface area contributed by atoms with Crippen molar-refractivity contribution in [1.29, 1.82) is 0 Å². The van der Waals surface area contributed by atoms with Crippen molar-refractivity contribution in [3.63, 3.8) is 0 Å². The van der Waals surface area contributed by atoms with Crippen LogP contribution in [0, 0.1) is 0 Å². The third kappa shape index (κ3) is 4.35. The molecule has 9 nitrogen and oxygen atoms in total. The molecule has 1 aromatic carbocycles. The standard InChI is InChI=1S/C15H17N3O6S/c1-17-10(8-13(19)18(2)15(17)21)9-24-14(20)11-6-4-5-7-12(11)16-25(3,22)23/h4-8,16H,9H2,1-3H3. The van der Waals surface area contributed by atoms with Crippen LogP contribution in [0.15, 0.2) is 39.9 Å². The summed E-state index contributed by atoms with van der Waals surface area (Å²) in [6, 6.07) is 7.13. The van der Waals surface area contributed by atoms with Crippen molar-refractivity contribution >= 4 is 21.7 Å². The van der Waals surface area contributed by atoms with Gasteiger partial charge in [-0.3, -0.25) is 18.7 Å². The van der Waals surface area contributed by atoms with Gasteiger partial charge in [-0.15, -0.1) is 0 Å². The van der Waals surface area contributed by atoms with Gasteiger partial charge in [0.15, 0.2) is 0 Å². The Morgan fingerprint density at radius 1 is 1.16 bits per heavy atom. The van der Waals surface area contributed by atoms with Crippen LogP contribution in [0.4, 0.5) is 5.69 Å². The number of nitrogens with one attached hydrogen (secondary N) is 1. The highest BCUT2D eigenvalue weighted by atomic mass is 32.2. The number of hydrogen-bond donors (Lipinski definition) is 1. The Hall–Kier alpha value is -2.88. The van der Waals surface area contributed by atoms with Gasteiger partial charge in [-0.05, 0) is 12.1 Å². The molecule has 0 saturated heterocycles. The molecule has 0 saturated carbocycles. The predicted octanol–water partition coefficient (Wildman–Crippen LogP) is -0.187. The molecule has 0 spiro atoms. The first-order valence-electron chi connectivity index (χ1n) is 7.10. The van der Waals surface area contributed by atoms with E-state index in [2.05, 4.69) is 4.72 Å². The third-order valence-corrected chi connectivity index (χ3v) is 4.01. The lowest BCUT2D eigenvalue weighted by molar-refractivity contribution is 0.0464. The third-order valence-electron chi connectivity index (χ3n) is 3.42. The number of rotatable bonds is 5. The van der Waals surface area contributed by atoms with Gasteiger partial charge in [0.25, 0.3) is 5.56 Å². The molecule has 1 heterocycles. The number of nitrogens with zero attached hydrogens (tertiary/aromatic N) is 2. The van der Waals surface area contributed by atoms with Crippen LogP contribution in [0.2, 0.25) is 0 Å². The summed E-state index contributed by atoms with van der Waals surface area (Å²) < 4.78 is 32.2. The Labute approximate surface area is 143 Å². The Balaban J connectivity index is 2.25. The smallest absolute Gasteiger partial charge is 0.340 e. The minimum Gasteiger partial charge on any atom is -0.456 e. The molecule has 134 valence electrons. The zero-order valence-corrected chi connectivity index (χ0v) is 14.7. The van der Waals surface area contributed by atoms with Crippen molar-refractivity contribution < 1.29 is 17.9 Å². The number of benzene rings is 1. The highest BCUT2D eigenvalue weighted by Gasteiger charge is 2.16. The average Bonchev–Trinajstić information content (AvgIpc) is 2.53. The minimum atomic E-state index is -3.57. The molecule has 0 atom stereocenters. The van der Waals surface area contributed by atoms with Crippen LogP contribution in [0.5, 0.6) is 0 Å². The normalized spacial score (nSPS) is 11.2. The van der Waals surface area contributed by atoms with Crippen LogP contribution in [0.3, 0.4) is 0 Å². The van der Waals surface area contributed by atoms with Crippen molar-refractivity contribution in [3.8, 4) is 0 Å². The first-order valence-corrected chi connectivity index (χ1v) is 8.99. The molecule has 0 radical (unpaired) electrons. The Kier molecular flexibility index (Phi) is 5.12. The molecule has 1 N–H and O–H groups in total. The number of sulfonamides is 1. The van der Waals surface area contributed by atoms with Gasteiger partial charge in [0, 0.05) is 20.2 Å². The van der Waals surface area contributed by atoms with Crippen molar-refractivity contribution in [1.82, 2.24) is 9.13 Å². The molecule has 0 fully saturated rings. The van der Waals surface area contributed by atoms with Crippen molar-refractivity contribution in [2.45, 2.75) is 6.61 Å². The molecule has 0 bridgehead atoms. The molecule has 0 aliphatic heterocycles. The highest BCUT2D eigenvalue weighted by molar-refractivity contribution is 7.92. The maximum absolute atomic E-state index is 12.2. The van der Waals surface area contributed by atoms with Crippen LogP contribution >= 0.6 is 0 Å². The van der Waals surface area contributed by atoms with Crippen LogP contribution in [-0.4, -0.2) is 29.8 Å². The van der Waals surface area contributed by atoms with Crippen LogP contribution in [0.1, 0.15) is 16.1 Å². The average molecular weight is 367 g/mol. The first-order chi connectivity index (χ1) is 11.6. The van der Waals surface area contributed by atoms with E-state index < -0.39 is 27.2 Å². The zero-order chi connectivity index (χ0) is 18.8. The molecular formula is C15H17N3O6S. The van der Waals surface area contributed by atoms with Crippen molar-refractivity contribution in [3.05, 3.63) is 62.4 Å². The number of carbonyl (C=O) groups excluding carboxylic acids is 1. The van der Waals surface area contributed by atoms with Gasteiger partial charge in [-0.25, -0.2) is 18.0 Å². The lowest BCUT2D eigenvalue weighted by atomic mass is 10.2. The van der Waals surface area contributed by atoms with Crippen LogP contribution in [0.25, 0.3) is 0 Å². The van der Waals surface area contributed by atoms with E-state index in [9.17, 15) is 22.8 Å². The van der Waals surface area contributed by atoms with Gasteiger partial charge in [-0.2, -0.15) is 0 Å². The molecular weight excluding hydrogens is 350 g/mol. The summed E-state index contributed by atoms with van der Waals surface area (Å²) in [5, 5.41) is 0. The molecule has 2 aromatic rings. The summed E-state index contributed by atoms with van der Waals surface area (Å²) in [4.78, 5) is 35.8. The number of anilines is 1. The van der Waals surface area contributed by atoms with Gasteiger partial charge < -0.3 is 4.74 Å². The van der Waals surface area contributed by atoms with Crippen LogP contribution in [-0.2, 0) is 35.5 Å². The molecule has 2 rings (SSSR count). The molecule has 1 aromatic heterocycles. The van der Waals surface area contributed by atoms with Gasteiger partial charge in [0.1, 0.15) is 6.61 Å². The summed E-state index contributed by atoms with van der Waals surface area (Å²) in [5.74, 6) is -0.792. The highest BCUT2D eigenvalue weighted by Crippen LogP contribution is 2.17. The van der Waals surface area contributed by atoms with E-state index in [1.807, 2.05) is 0 Å². The SMILES string of the molecule is Cn1c(COC(=O)c2ccccc2NS(C)(=O)=O)cc(=O)n(C)c1=O. The lowest BCUT2D eigenvalue weighted by Crippen LogP contribution is -2.38. The minimum absolute atomic E-state index is 0.0155. The second-order valence-corrected chi connectivity index (χ2v) is 7.12. The number of ether oxygens (including phenoxy) is 1. The fourth-order valence-corrected chi connectivity index (χ4v) is 2.66. The van der Waals surface area contributed by atoms with E-state index in [1.165, 1.54) is 36.9 Å². The summed E-state index contributed by atoms with van der Waals surface area (Å²) in [6.07, 6.45) is 0.963. The molecule has 0 aliphatic rings. The van der Waals surface area contributed by atoms with Gasteiger partial charge in [0.05, 0.1) is 23.2 Å². The predicted molar refractivity (Wildman–Crippen MR) is 91.0 cm³/mol. The number of aromatic nitrogens is 2.